The highest BCUT2D eigenvalue weighted by molar-refractivity contribution is 5.80. The number of halogens is 6. The Balaban J connectivity index is 4.93. The fourth-order valence-electron chi connectivity index (χ4n) is 0.941. The molecule has 0 aliphatic carbocycles. The summed E-state index contributed by atoms with van der Waals surface area (Å²) in [5, 5.41) is 0. The van der Waals surface area contributed by atoms with Crippen LogP contribution in [0.4, 0.5) is 26.3 Å². The lowest BCUT2D eigenvalue weighted by Crippen LogP contribution is -2.50. The highest BCUT2D eigenvalue weighted by Gasteiger charge is 2.59. The number of alkyl halides is 6. The second-order valence-corrected chi connectivity index (χ2v) is 3.00. The highest BCUT2D eigenvalue weighted by Crippen LogP contribution is 2.36. The molecule has 1 unspecified atom stereocenters. The summed E-state index contributed by atoms with van der Waals surface area (Å²) >= 11 is 0. The number of nitrogens with one attached hydrogen (secondary N) is 1. The third-order valence-corrected chi connectivity index (χ3v) is 1.70. The summed E-state index contributed by atoms with van der Waals surface area (Å²) in [4.78, 5) is 10.8. The summed E-state index contributed by atoms with van der Waals surface area (Å²) in [6.07, 6.45) is -17.6. The van der Waals surface area contributed by atoms with Gasteiger partial charge in [-0.1, -0.05) is 6.92 Å². The van der Waals surface area contributed by atoms with E-state index in [1.165, 1.54) is 12.3 Å². The fraction of sp³-hybridized carbons (Fsp3) is 0.857. The smallest absolute Gasteiger partial charge is 0.347 e. The fourth-order valence-corrected chi connectivity index (χ4v) is 0.941. The second kappa shape index (κ2) is 5.54. The second-order valence-electron chi connectivity index (χ2n) is 3.00. The van der Waals surface area contributed by atoms with Gasteiger partial charge in [-0.25, -0.2) is 5.84 Å². The maximum absolute atomic E-state index is 12.1. The maximum Gasteiger partial charge on any atom is 0.423 e. The van der Waals surface area contributed by atoms with Gasteiger partial charge in [-0.15, -0.1) is 0 Å². The first kappa shape index (κ1) is 16.0. The molecule has 0 fully saturated rings. The molecule has 0 aliphatic heterocycles. The van der Waals surface area contributed by atoms with Crippen LogP contribution in [-0.2, 0) is 9.53 Å². The maximum atomic E-state index is 12.1. The molecule has 4 nitrogen and oxygen atoms in total. The minimum atomic E-state index is -5.65. The first-order valence-electron chi connectivity index (χ1n) is 4.33. The Morgan fingerprint density at radius 3 is 1.88 bits per heavy atom. The van der Waals surface area contributed by atoms with Crippen molar-refractivity contribution in [1.29, 1.82) is 0 Å². The SMILES string of the molecule is CCC(OC(C(F)(F)F)C(F)(F)F)C(=O)NN. The van der Waals surface area contributed by atoms with Crippen LogP contribution >= 0.6 is 0 Å². The number of hydrogen-bond acceptors (Lipinski definition) is 3. The number of amides is 1. The van der Waals surface area contributed by atoms with Crippen molar-refractivity contribution >= 4 is 5.91 Å². The average Bonchev–Trinajstić information content (AvgIpc) is 2.14. The van der Waals surface area contributed by atoms with Crippen LogP contribution < -0.4 is 11.3 Å². The van der Waals surface area contributed by atoms with Crippen LogP contribution in [0.5, 0.6) is 0 Å². The van der Waals surface area contributed by atoms with Crippen molar-refractivity contribution in [2.45, 2.75) is 37.9 Å². The van der Waals surface area contributed by atoms with Gasteiger partial charge in [0, 0.05) is 0 Å². The van der Waals surface area contributed by atoms with Crippen LogP contribution in [0.3, 0.4) is 0 Å². The first-order chi connectivity index (χ1) is 7.54. The number of carbonyl (C=O) groups is 1. The van der Waals surface area contributed by atoms with Gasteiger partial charge in [0.05, 0.1) is 0 Å². The molecule has 0 rings (SSSR count). The normalized spacial score (nSPS) is 14.9. The van der Waals surface area contributed by atoms with Gasteiger partial charge in [-0.05, 0) is 6.42 Å². The molecular formula is C7H10F6N2O2. The predicted octanol–water partition coefficient (Wildman–Crippen LogP) is 1.26. The van der Waals surface area contributed by atoms with Crippen LogP contribution in [0.1, 0.15) is 13.3 Å². The van der Waals surface area contributed by atoms with E-state index in [1.54, 1.807) is 0 Å². The van der Waals surface area contributed by atoms with Gasteiger partial charge < -0.3 is 4.74 Å². The molecule has 0 radical (unpaired) electrons. The van der Waals surface area contributed by atoms with E-state index in [9.17, 15) is 31.1 Å². The Morgan fingerprint density at radius 2 is 1.65 bits per heavy atom. The van der Waals surface area contributed by atoms with E-state index in [0.29, 0.717) is 0 Å². The van der Waals surface area contributed by atoms with Gasteiger partial charge in [0.1, 0.15) is 6.10 Å². The molecule has 10 heteroatoms. The Morgan fingerprint density at radius 1 is 1.24 bits per heavy atom. The molecule has 1 amide bonds. The summed E-state index contributed by atoms with van der Waals surface area (Å²) in [6.45, 7) is 1.18. The zero-order valence-corrected chi connectivity index (χ0v) is 8.52. The van der Waals surface area contributed by atoms with Crippen molar-refractivity contribution in [3.05, 3.63) is 0 Å². The molecule has 0 aliphatic rings. The molecule has 0 heterocycles. The minimum Gasteiger partial charge on any atom is -0.347 e. The number of nitrogens with two attached hydrogens (primary N) is 1. The summed E-state index contributed by atoms with van der Waals surface area (Å²) in [5.74, 6) is 3.34. The van der Waals surface area contributed by atoms with Gasteiger partial charge in [0.25, 0.3) is 5.91 Å². The summed E-state index contributed by atoms with van der Waals surface area (Å²) in [5.41, 5.74) is 1.43. The van der Waals surface area contributed by atoms with E-state index in [0.717, 1.165) is 0 Å². The van der Waals surface area contributed by atoms with E-state index in [2.05, 4.69) is 10.6 Å². The Bertz CT molecular complexity index is 250. The van der Waals surface area contributed by atoms with Crippen molar-refractivity contribution in [3.63, 3.8) is 0 Å². The lowest BCUT2D eigenvalue weighted by molar-refractivity contribution is -0.328. The van der Waals surface area contributed by atoms with E-state index in [1.807, 2.05) is 0 Å². The number of ether oxygens (including phenoxy) is 1. The van der Waals surface area contributed by atoms with Gasteiger partial charge in [-0.3, -0.25) is 10.2 Å². The number of carbonyl (C=O) groups excluding carboxylic acids is 1. The van der Waals surface area contributed by atoms with Gasteiger partial charge in [-0.2, -0.15) is 26.3 Å². The van der Waals surface area contributed by atoms with Crippen LogP contribution in [0.25, 0.3) is 0 Å². The average molecular weight is 268 g/mol. The van der Waals surface area contributed by atoms with E-state index in [4.69, 9.17) is 0 Å². The van der Waals surface area contributed by atoms with E-state index < -0.39 is 30.5 Å². The van der Waals surface area contributed by atoms with Crippen LogP contribution in [0.15, 0.2) is 0 Å². The zero-order chi connectivity index (χ0) is 13.9. The summed E-state index contributed by atoms with van der Waals surface area (Å²) < 4.78 is 76.2. The molecule has 0 aromatic rings. The van der Waals surface area contributed by atoms with E-state index in [-0.39, 0.29) is 6.42 Å². The van der Waals surface area contributed by atoms with Crippen LogP contribution in [0, 0.1) is 0 Å². The van der Waals surface area contributed by atoms with Crippen molar-refractivity contribution in [2.75, 3.05) is 0 Å². The number of hydrazine groups is 1. The van der Waals surface area contributed by atoms with Crippen molar-refractivity contribution in [3.8, 4) is 0 Å². The molecule has 1 atom stereocenters. The molecule has 0 aromatic heterocycles. The Labute approximate surface area is 92.1 Å². The van der Waals surface area contributed by atoms with Crippen molar-refractivity contribution in [1.82, 2.24) is 5.43 Å². The Kier molecular flexibility index (Phi) is 5.20. The monoisotopic (exact) mass is 268 g/mol. The zero-order valence-electron chi connectivity index (χ0n) is 8.52. The van der Waals surface area contributed by atoms with Crippen molar-refractivity contribution < 1.29 is 35.9 Å². The van der Waals surface area contributed by atoms with Gasteiger partial charge >= 0.3 is 12.4 Å². The largest absolute Gasteiger partial charge is 0.423 e. The third kappa shape index (κ3) is 4.77. The summed E-state index contributed by atoms with van der Waals surface area (Å²) in [6, 6.07) is 0. The molecule has 102 valence electrons. The first-order valence-corrected chi connectivity index (χ1v) is 4.33. The van der Waals surface area contributed by atoms with E-state index >= 15 is 0 Å². The topological polar surface area (TPSA) is 64.3 Å². The molecule has 0 bridgehead atoms. The highest BCUT2D eigenvalue weighted by atomic mass is 19.4. The lowest BCUT2D eigenvalue weighted by Gasteiger charge is -2.26. The van der Waals surface area contributed by atoms with Crippen molar-refractivity contribution in [2.24, 2.45) is 5.84 Å². The molecular weight excluding hydrogens is 258 g/mol. The summed E-state index contributed by atoms with van der Waals surface area (Å²) in [7, 11) is 0. The molecule has 0 saturated heterocycles. The molecule has 0 saturated carbocycles. The predicted molar refractivity (Wildman–Crippen MR) is 43.4 cm³/mol. The molecule has 0 aromatic carbocycles. The van der Waals surface area contributed by atoms with Gasteiger partial charge in [0.2, 0.25) is 6.10 Å². The van der Waals surface area contributed by atoms with Crippen LogP contribution in [0.2, 0.25) is 0 Å². The molecule has 3 N–H and O–H groups in total. The molecule has 17 heavy (non-hydrogen) atoms. The molecule has 0 spiro atoms. The number of rotatable bonds is 4. The lowest BCUT2D eigenvalue weighted by atomic mass is 10.2. The Hall–Kier alpha value is -1.03. The quantitative estimate of drug-likeness (QED) is 0.349. The third-order valence-electron chi connectivity index (χ3n) is 1.70. The number of hydrogen-bond donors (Lipinski definition) is 2. The minimum absolute atomic E-state index is 0.383. The standard InChI is InChI=1S/C7H10F6N2O2/c1-2-3(4(16)15-14)17-5(6(8,9)10)7(11,12)13/h3,5H,2,14H2,1H3,(H,15,16). The van der Waals surface area contributed by atoms with Crippen LogP contribution in [-0.4, -0.2) is 30.5 Å². The van der Waals surface area contributed by atoms with Gasteiger partial charge in [0.15, 0.2) is 0 Å².